The maximum absolute atomic E-state index is 12.7. The van der Waals surface area contributed by atoms with Gasteiger partial charge in [-0.15, -0.1) is 11.8 Å². The van der Waals surface area contributed by atoms with E-state index in [1.807, 2.05) is 71.2 Å². The van der Waals surface area contributed by atoms with Crippen LogP contribution in [0.25, 0.3) is 0 Å². The summed E-state index contributed by atoms with van der Waals surface area (Å²) in [5.41, 5.74) is 0.749. The molecule has 0 saturated carbocycles. The molecule has 1 rings (SSSR count). The van der Waals surface area contributed by atoms with Crippen molar-refractivity contribution in [3.8, 4) is 0 Å². The Balaban J connectivity index is 3.04. The molecule has 122 valence electrons. The van der Waals surface area contributed by atoms with Crippen LogP contribution < -0.4 is 5.32 Å². The number of carbonyl (C=O) groups excluding carboxylic acids is 1. The highest BCUT2D eigenvalue weighted by Gasteiger charge is 2.26. The number of aliphatic imine (C=N–C) groups is 1. The van der Waals surface area contributed by atoms with E-state index in [1.165, 1.54) is 11.8 Å². The standard InChI is InChI=1S/C17H26N2OS2/c1-12(2)18-16(21-6)22-14(13-10-8-7-9-11-13)15(20)19-17(3,4)5/h7-12,14H,1-6H3,(H,19,20). The van der Waals surface area contributed by atoms with Gasteiger partial charge in [-0.25, -0.2) is 0 Å². The average Bonchev–Trinajstić information content (AvgIpc) is 2.41. The van der Waals surface area contributed by atoms with E-state index in [-0.39, 0.29) is 22.7 Å². The molecule has 0 fully saturated rings. The minimum atomic E-state index is -0.287. The topological polar surface area (TPSA) is 41.5 Å². The predicted molar refractivity (Wildman–Crippen MR) is 101 cm³/mol. The lowest BCUT2D eigenvalue weighted by atomic mass is 10.1. The van der Waals surface area contributed by atoms with Crippen LogP contribution in [0.5, 0.6) is 0 Å². The van der Waals surface area contributed by atoms with E-state index in [2.05, 4.69) is 10.3 Å². The molecule has 1 N–H and O–H groups in total. The molecule has 1 atom stereocenters. The summed E-state index contributed by atoms with van der Waals surface area (Å²) in [5.74, 6) is 0.0224. The van der Waals surface area contributed by atoms with E-state index in [4.69, 9.17) is 0 Å². The number of rotatable bonds is 4. The number of nitrogens with zero attached hydrogens (tertiary/aromatic N) is 1. The first-order valence-corrected chi connectivity index (χ1v) is 9.49. The molecule has 0 aromatic heterocycles. The van der Waals surface area contributed by atoms with Crippen LogP contribution in [0.4, 0.5) is 0 Å². The summed E-state index contributed by atoms with van der Waals surface area (Å²) in [7, 11) is 0. The molecule has 1 unspecified atom stereocenters. The third kappa shape index (κ3) is 6.88. The van der Waals surface area contributed by atoms with Crippen LogP contribution in [0.15, 0.2) is 35.3 Å². The monoisotopic (exact) mass is 338 g/mol. The molecule has 1 amide bonds. The van der Waals surface area contributed by atoms with E-state index in [0.717, 1.165) is 9.94 Å². The van der Waals surface area contributed by atoms with Gasteiger partial charge in [-0.3, -0.25) is 9.79 Å². The molecule has 0 aliphatic rings. The normalized spacial score (nSPS) is 14.0. The zero-order chi connectivity index (χ0) is 16.8. The Morgan fingerprint density at radius 1 is 1.18 bits per heavy atom. The van der Waals surface area contributed by atoms with Crippen LogP contribution in [0.3, 0.4) is 0 Å². The summed E-state index contributed by atoms with van der Waals surface area (Å²) in [4.78, 5) is 17.3. The van der Waals surface area contributed by atoms with Crippen LogP contribution in [-0.2, 0) is 4.79 Å². The van der Waals surface area contributed by atoms with Gasteiger partial charge in [-0.05, 0) is 46.4 Å². The molecule has 0 bridgehead atoms. The fourth-order valence-electron chi connectivity index (χ4n) is 1.78. The van der Waals surface area contributed by atoms with Crippen molar-refractivity contribution < 1.29 is 4.79 Å². The van der Waals surface area contributed by atoms with Gasteiger partial charge in [0.15, 0.2) is 0 Å². The maximum atomic E-state index is 12.7. The van der Waals surface area contributed by atoms with E-state index in [1.54, 1.807) is 11.8 Å². The maximum Gasteiger partial charge on any atom is 0.238 e. The van der Waals surface area contributed by atoms with Crippen molar-refractivity contribution in [3.05, 3.63) is 35.9 Å². The largest absolute Gasteiger partial charge is 0.350 e. The molecular weight excluding hydrogens is 312 g/mol. The van der Waals surface area contributed by atoms with Crippen molar-refractivity contribution in [2.24, 2.45) is 4.99 Å². The van der Waals surface area contributed by atoms with Gasteiger partial charge in [0.05, 0.1) is 0 Å². The Hall–Kier alpha value is -0.940. The number of hydrogen-bond donors (Lipinski definition) is 1. The SMILES string of the molecule is CSC(=NC(C)C)SC(C(=O)NC(C)(C)C)c1ccccc1. The Morgan fingerprint density at radius 3 is 2.23 bits per heavy atom. The van der Waals surface area contributed by atoms with Crippen molar-refractivity contribution in [2.45, 2.75) is 51.4 Å². The molecule has 3 nitrogen and oxygen atoms in total. The van der Waals surface area contributed by atoms with E-state index in [9.17, 15) is 4.79 Å². The van der Waals surface area contributed by atoms with Crippen molar-refractivity contribution >= 4 is 33.8 Å². The Kier molecular flexibility index (Phi) is 7.49. The molecule has 0 heterocycles. The lowest BCUT2D eigenvalue weighted by Gasteiger charge is -2.25. The molecule has 1 aromatic rings. The Bertz CT molecular complexity index is 507. The lowest BCUT2D eigenvalue weighted by molar-refractivity contribution is -0.122. The van der Waals surface area contributed by atoms with Crippen molar-refractivity contribution in [1.29, 1.82) is 0 Å². The highest BCUT2D eigenvalue weighted by atomic mass is 32.2. The fraction of sp³-hybridized carbons (Fsp3) is 0.529. The third-order valence-corrected chi connectivity index (χ3v) is 4.87. The predicted octanol–water partition coefficient (Wildman–Crippen LogP) is 4.50. The summed E-state index contributed by atoms with van der Waals surface area (Å²) < 4.78 is 0.938. The third-order valence-electron chi connectivity index (χ3n) is 2.60. The van der Waals surface area contributed by atoms with Crippen molar-refractivity contribution in [1.82, 2.24) is 5.32 Å². The minimum Gasteiger partial charge on any atom is -0.350 e. The average molecular weight is 339 g/mol. The lowest BCUT2D eigenvalue weighted by Crippen LogP contribution is -2.42. The van der Waals surface area contributed by atoms with Crippen LogP contribution in [-0.4, -0.2) is 28.1 Å². The molecule has 5 heteroatoms. The molecule has 1 aromatic carbocycles. The molecule has 0 radical (unpaired) electrons. The number of amides is 1. The smallest absolute Gasteiger partial charge is 0.238 e. The number of hydrogen-bond acceptors (Lipinski definition) is 4. The molecule has 0 aliphatic heterocycles. The first-order valence-electron chi connectivity index (χ1n) is 7.38. The molecular formula is C17H26N2OS2. The van der Waals surface area contributed by atoms with Crippen LogP contribution in [0.2, 0.25) is 0 Å². The van der Waals surface area contributed by atoms with Crippen LogP contribution in [0.1, 0.15) is 45.4 Å². The van der Waals surface area contributed by atoms with Crippen molar-refractivity contribution in [2.75, 3.05) is 6.26 Å². The first kappa shape index (κ1) is 19.1. The van der Waals surface area contributed by atoms with Crippen LogP contribution in [0, 0.1) is 0 Å². The second-order valence-corrected chi connectivity index (χ2v) is 8.49. The van der Waals surface area contributed by atoms with Gasteiger partial charge in [0, 0.05) is 11.6 Å². The number of nitrogens with one attached hydrogen (secondary N) is 1. The van der Waals surface area contributed by atoms with E-state index >= 15 is 0 Å². The summed E-state index contributed by atoms with van der Waals surface area (Å²) >= 11 is 3.11. The highest BCUT2D eigenvalue weighted by Crippen LogP contribution is 2.34. The Morgan fingerprint density at radius 2 is 1.77 bits per heavy atom. The summed E-state index contributed by atoms with van der Waals surface area (Å²) in [5, 5.41) is 2.79. The van der Waals surface area contributed by atoms with Gasteiger partial charge in [0.2, 0.25) is 5.91 Å². The summed E-state index contributed by atoms with van der Waals surface area (Å²) in [6.07, 6.45) is 2.00. The second kappa shape index (κ2) is 8.63. The minimum absolute atomic E-state index is 0.0224. The molecule has 0 aliphatic carbocycles. The van der Waals surface area contributed by atoms with Gasteiger partial charge >= 0.3 is 0 Å². The highest BCUT2D eigenvalue weighted by molar-refractivity contribution is 8.38. The number of benzene rings is 1. The first-order chi connectivity index (χ1) is 10.2. The molecule has 0 spiro atoms. The molecule has 22 heavy (non-hydrogen) atoms. The van der Waals surface area contributed by atoms with E-state index in [0.29, 0.717) is 0 Å². The fourth-order valence-corrected chi connectivity index (χ4v) is 3.70. The molecule has 0 saturated heterocycles. The quantitative estimate of drug-likeness (QED) is 0.649. The summed E-state index contributed by atoms with van der Waals surface area (Å²) in [6.45, 7) is 10.1. The second-order valence-electron chi connectivity index (χ2n) is 6.34. The van der Waals surface area contributed by atoms with Crippen molar-refractivity contribution in [3.63, 3.8) is 0 Å². The summed E-state index contributed by atoms with van der Waals surface area (Å²) in [6, 6.07) is 10.1. The number of carbonyl (C=O) groups is 1. The van der Waals surface area contributed by atoms with E-state index < -0.39 is 0 Å². The zero-order valence-electron chi connectivity index (χ0n) is 14.2. The van der Waals surface area contributed by atoms with Gasteiger partial charge < -0.3 is 5.32 Å². The van der Waals surface area contributed by atoms with Gasteiger partial charge in [-0.2, -0.15) is 0 Å². The van der Waals surface area contributed by atoms with Gasteiger partial charge in [-0.1, -0.05) is 42.1 Å². The number of thioether (sulfide) groups is 2. The van der Waals surface area contributed by atoms with Gasteiger partial charge in [0.1, 0.15) is 9.63 Å². The van der Waals surface area contributed by atoms with Gasteiger partial charge in [0.25, 0.3) is 0 Å². The Labute approximate surface area is 142 Å². The zero-order valence-corrected chi connectivity index (χ0v) is 15.8. The van der Waals surface area contributed by atoms with Crippen LogP contribution >= 0.6 is 23.5 Å².